The van der Waals surface area contributed by atoms with E-state index in [4.69, 9.17) is 4.98 Å². The third-order valence-corrected chi connectivity index (χ3v) is 4.87. The van der Waals surface area contributed by atoms with Gasteiger partial charge in [-0.3, -0.25) is 4.98 Å². The maximum absolute atomic E-state index is 4.70. The molecule has 0 saturated heterocycles. The third kappa shape index (κ3) is 2.39. The third-order valence-electron chi connectivity index (χ3n) is 4.87. The quantitative estimate of drug-likeness (QED) is 0.481. The van der Waals surface area contributed by atoms with Gasteiger partial charge in [0.15, 0.2) is 0 Å². The molecule has 0 atom stereocenters. The standard InChI is InChI=1S/C23H19N/c1-23(19-11-4-2-5-12-19,20-13-6-3-7-14-20)21-16-18-10-8-9-15-22(18)24-17-21/h2-17H,1H3. The first-order valence-corrected chi connectivity index (χ1v) is 8.25. The van der Waals surface area contributed by atoms with Crippen LogP contribution in [0.1, 0.15) is 23.6 Å². The molecule has 0 saturated carbocycles. The van der Waals surface area contributed by atoms with Crippen LogP contribution >= 0.6 is 0 Å². The maximum atomic E-state index is 4.70. The highest BCUT2D eigenvalue weighted by Crippen LogP contribution is 2.39. The van der Waals surface area contributed by atoms with Gasteiger partial charge in [-0.1, -0.05) is 78.9 Å². The molecule has 0 spiro atoms. The van der Waals surface area contributed by atoms with Crippen LogP contribution in [0.5, 0.6) is 0 Å². The Hall–Kier alpha value is -2.93. The summed E-state index contributed by atoms with van der Waals surface area (Å²) in [6, 6.07) is 31.9. The minimum Gasteiger partial charge on any atom is -0.256 e. The number of fused-ring (bicyclic) bond motifs is 1. The number of aromatic nitrogens is 1. The van der Waals surface area contributed by atoms with Gasteiger partial charge in [-0.2, -0.15) is 0 Å². The number of benzene rings is 3. The number of nitrogens with zero attached hydrogens (tertiary/aromatic N) is 1. The Balaban J connectivity index is 1.98. The molecule has 1 heterocycles. The SMILES string of the molecule is CC(c1ccccc1)(c1ccccc1)c1cnc2ccccc2c1. The van der Waals surface area contributed by atoms with E-state index in [1.165, 1.54) is 22.1 Å². The summed E-state index contributed by atoms with van der Waals surface area (Å²) in [5.74, 6) is 0. The molecule has 4 aromatic rings. The fourth-order valence-electron chi connectivity index (χ4n) is 3.39. The van der Waals surface area contributed by atoms with Crippen LogP contribution in [-0.2, 0) is 5.41 Å². The van der Waals surface area contributed by atoms with E-state index >= 15 is 0 Å². The molecule has 116 valence electrons. The zero-order chi connectivity index (χ0) is 16.4. The van der Waals surface area contributed by atoms with Gasteiger partial charge >= 0.3 is 0 Å². The molecular weight excluding hydrogens is 290 g/mol. The normalized spacial score (nSPS) is 11.5. The Morgan fingerprint density at radius 1 is 0.625 bits per heavy atom. The highest BCUT2D eigenvalue weighted by molar-refractivity contribution is 5.79. The summed E-state index contributed by atoms with van der Waals surface area (Å²) in [6.07, 6.45) is 2.02. The number of rotatable bonds is 3. The number of hydrogen-bond donors (Lipinski definition) is 0. The van der Waals surface area contributed by atoms with Gasteiger partial charge in [-0.05, 0) is 35.7 Å². The zero-order valence-electron chi connectivity index (χ0n) is 13.7. The first-order chi connectivity index (χ1) is 11.8. The molecule has 0 amide bonds. The van der Waals surface area contributed by atoms with Crippen LogP contribution in [0.3, 0.4) is 0 Å². The smallest absolute Gasteiger partial charge is 0.0702 e. The zero-order valence-corrected chi connectivity index (χ0v) is 13.7. The maximum Gasteiger partial charge on any atom is 0.0702 e. The molecule has 0 fully saturated rings. The molecule has 0 aliphatic rings. The molecule has 0 radical (unpaired) electrons. The molecule has 1 heteroatoms. The molecule has 0 unspecified atom stereocenters. The predicted octanol–water partition coefficient (Wildman–Crippen LogP) is 5.59. The molecule has 0 bridgehead atoms. The molecule has 3 aromatic carbocycles. The molecule has 24 heavy (non-hydrogen) atoms. The lowest BCUT2D eigenvalue weighted by Gasteiger charge is -2.31. The first-order valence-electron chi connectivity index (χ1n) is 8.25. The lowest BCUT2D eigenvalue weighted by atomic mass is 9.71. The van der Waals surface area contributed by atoms with Crippen molar-refractivity contribution in [1.82, 2.24) is 4.98 Å². The van der Waals surface area contributed by atoms with Crippen molar-refractivity contribution in [3.63, 3.8) is 0 Å². The summed E-state index contributed by atoms with van der Waals surface area (Å²) < 4.78 is 0. The van der Waals surface area contributed by atoms with E-state index in [9.17, 15) is 0 Å². The predicted molar refractivity (Wildman–Crippen MR) is 100 cm³/mol. The van der Waals surface area contributed by atoms with Gasteiger partial charge < -0.3 is 0 Å². The average molecular weight is 309 g/mol. The summed E-state index contributed by atoms with van der Waals surface area (Å²) in [6.45, 7) is 2.28. The van der Waals surface area contributed by atoms with E-state index in [0.717, 1.165) is 5.52 Å². The van der Waals surface area contributed by atoms with Gasteiger partial charge in [0, 0.05) is 17.0 Å². The van der Waals surface area contributed by atoms with Crippen LogP contribution in [0.15, 0.2) is 97.2 Å². The number of pyridine rings is 1. The molecule has 1 aromatic heterocycles. The van der Waals surface area contributed by atoms with Crippen molar-refractivity contribution in [3.8, 4) is 0 Å². The van der Waals surface area contributed by atoms with Crippen molar-refractivity contribution in [3.05, 3.63) is 114 Å². The summed E-state index contributed by atoms with van der Waals surface area (Å²) in [7, 11) is 0. The van der Waals surface area contributed by atoms with Crippen molar-refractivity contribution in [2.75, 3.05) is 0 Å². The monoisotopic (exact) mass is 309 g/mol. The second kappa shape index (κ2) is 5.93. The number of hydrogen-bond acceptors (Lipinski definition) is 1. The van der Waals surface area contributed by atoms with Crippen molar-refractivity contribution < 1.29 is 0 Å². The lowest BCUT2D eigenvalue weighted by Crippen LogP contribution is -2.25. The van der Waals surface area contributed by atoms with Crippen molar-refractivity contribution >= 4 is 10.9 Å². The summed E-state index contributed by atoms with van der Waals surface area (Å²) >= 11 is 0. The minimum absolute atomic E-state index is 0.237. The highest BCUT2D eigenvalue weighted by Gasteiger charge is 2.31. The Labute approximate surface area is 142 Å². The van der Waals surface area contributed by atoms with Crippen LogP contribution in [0, 0.1) is 0 Å². The van der Waals surface area contributed by atoms with Crippen LogP contribution < -0.4 is 0 Å². The van der Waals surface area contributed by atoms with Gasteiger partial charge in [-0.15, -0.1) is 0 Å². The Kier molecular flexibility index (Phi) is 3.62. The van der Waals surface area contributed by atoms with Gasteiger partial charge in [0.25, 0.3) is 0 Å². The lowest BCUT2D eigenvalue weighted by molar-refractivity contribution is 0.690. The molecule has 0 aliphatic heterocycles. The van der Waals surface area contributed by atoms with Gasteiger partial charge in [0.2, 0.25) is 0 Å². The summed E-state index contributed by atoms with van der Waals surface area (Å²) in [5.41, 5.74) is 4.55. The van der Waals surface area contributed by atoms with E-state index in [2.05, 4.69) is 91.9 Å². The van der Waals surface area contributed by atoms with Crippen LogP contribution in [0.2, 0.25) is 0 Å². The largest absolute Gasteiger partial charge is 0.256 e. The summed E-state index contributed by atoms with van der Waals surface area (Å²) in [4.78, 5) is 4.70. The van der Waals surface area contributed by atoms with E-state index in [1.54, 1.807) is 0 Å². The van der Waals surface area contributed by atoms with Crippen LogP contribution in [0.4, 0.5) is 0 Å². The van der Waals surface area contributed by atoms with E-state index in [-0.39, 0.29) is 5.41 Å². The second-order valence-corrected chi connectivity index (χ2v) is 6.27. The molecule has 0 N–H and O–H groups in total. The highest BCUT2D eigenvalue weighted by atomic mass is 14.7. The van der Waals surface area contributed by atoms with Gasteiger partial charge in [0.1, 0.15) is 0 Å². The fourth-order valence-corrected chi connectivity index (χ4v) is 3.39. The van der Waals surface area contributed by atoms with E-state index in [1.807, 2.05) is 12.3 Å². The van der Waals surface area contributed by atoms with Crippen molar-refractivity contribution in [2.45, 2.75) is 12.3 Å². The van der Waals surface area contributed by atoms with Gasteiger partial charge in [-0.25, -0.2) is 0 Å². The number of para-hydroxylation sites is 1. The Morgan fingerprint density at radius 2 is 1.17 bits per heavy atom. The van der Waals surface area contributed by atoms with E-state index in [0.29, 0.717) is 0 Å². The Morgan fingerprint density at radius 3 is 1.79 bits per heavy atom. The Bertz CT molecular complexity index is 919. The van der Waals surface area contributed by atoms with E-state index < -0.39 is 0 Å². The summed E-state index contributed by atoms with van der Waals surface area (Å²) in [5, 5.41) is 1.17. The molecule has 0 aliphatic carbocycles. The van der Waals surface area contributed by atoms with Gasteiger partial charge in [0.05, 0.1) is 5.52 Å². The topological polar surface area (TPSA) is 12.9 Å². The molecular formula is C23H19N. The average Bonchev–Trinajstić information content (AvgIpc) is 2.68. The van der Waals surface area contributed by atoms with Crippen molar-refractivity contribution in [1.29, 1.82) is 0 Å². The molecule has 4 rings (SSSR count). The first kappa shape index (κ1) is 14.6. The second-order valence-electron chi connectivity index (χ2n) is 6.27. The van der Waals surface area contributed by atoms with Crippen molar-refractivity contribution in [2.24, 2.45) is 0 Å². The fraction of sp³-hybridized carbons (Fsp3) is 0.0870. The minimum atomic E-state index is -0.237. The molecule has 1 nitrogen and oxygen atoms in total. The van der Waals surface area contributed by atoms with Crippen LogP contribution in [-0.4, -0.2) is 4.98 Å². The van der Waals surface area contributed by atoms with Crippen LogP contribution in [0.25, 0.3) is 10.9 Å².